The van der Waals surface area contributed by atoms with E-state index in [-0.39, 0.29) is 5.52 Å². The van der Waals surface area contributed by atoms with Gasteiger partial charge in [-0.05, 0) is 6.07 Å². The zero-order valence-corrected chi connectivity index (χ0v) is 11.9. The highest BCUT2D eigenvalue weighted by molar-refractivity contribution is 7.22. The molecule has 0 amide bonds. The summed E-state index contributed by atoms with van der Waals surface area (Å²) in [5.74, 6) is -0.618. The van der Waals surface area contributed by atoms with Crippen LogP contribution >= 0.6 is 11.3 Å². The molecule has 0 radical (unpaired) electrons. The maximum absolute atomic E-state index is 13.6. The van der Waals surface area contributed by atoms with Gasteiger partial charge in [0.1, 0.15) is 11.3 Å². The van der Waals surface area contributed by atoms with E-state index in [0.717, 1.165) is 30.8 Å². The molecule has 1 aliphatic rings. The molecule has 1 aromatic carbocycles. The van der Waals surface area contributed by atoms with Crippen LogP contribution in [0.2, 0.25) is 0 Å². The Morgan fingerprint density at radius 3 is 2.90 bits per heavy atom. The molecule has 2 aromatic heterocycles. The number of rotatable bonds is 3. The summed E-state index contributed by atoms with van der Waals surface area (Å²) in [5, 5.41) is 0.761. The van der Waals surface area contributed by atoms with Crippen molar-refractivity contribution in [3.8, 4) is 0 Å². The smallest absolute Gasteiger partial charge is 0.186 e. The van der Waals surface area contributed by atoms with Gasteiger partial charge in [0.25, 0.3) is 0 Å². The quantitative estimate of drug-likeness (QED) is 0.746. The highest BCUT2D eigenvalue weighted by atomic mass is 32.1. The average Bonchev–Trinajstić information content (AvgIpc) is 3.01. The van der Waals surface area contributed by atoms with Crippen LogP contribution in [0.4, 0.5) is 13.9 Å². The summed E-state index contributed by atoms with van der Waals surface area (Å²) in [4.78, 5) is 10.4. The fraction of sp³-hybridized carbons (Fsp3) is 0.286. The van der Waals surface area contributed by atoms with Crippen molar-refractivity contribution in [2.24, 2.45) is 5.92 Å². The second-order valence-corrected chi connectivity index (χ2v) is 6.27. The second kappa shape index (κ2) is 4.77. The normalized spacial score (nSPS) is 15.6. The number of imidazole rings is 1. The monoisotopic (exact) mass is 306 g/mol. The third kappa shape index (κ3) is 2.27. The van der Waals surface area contributed by atoms with Crippen molar-refractivity contribution in [2.45, 2.75) is 6.54 Å². The SMILES string of the molecule is Fc1cc(F)c2nc(N3CC(Cn4ccnc4)C3)sc2c1. The van der Waals surface area contributed by atoms with Gasteiger partial charge in [-0.3, -0.25) is 0 Å². The van der Waals surface area contributed by atoms with Crippen LogP contribution in [0.5, 0.6) is 0 Å². The summed E-state index contributed by atoms with van der Waals surface area (Å²) in [6.45, 7) is 2.68. The molecule has 0 atom stereocenters. The third-order valence-electron chi connectivity index (χ3n) is 3.66. The lowest BCUT2D eigenvalue weighted by molar-refractivity contribution is 0.357. The van der Waals surface area contributed by atoms with Gasteiger partial charge in [0.05, 0.1) is 11.0 Å². The van der Waals surface area contributed by atoms with E-state index >= 15 is 0 Å². The van der Waals surface area contributed by atoms with E-state index in [1.807, 2.05) is 6.20 Å². The zero-order chi connectivity index (χ0) is 14.4. The van der Waals surface area contributed by atoms with E-state index in [2.05, 4.69) is 19.4 Å². The number of aromatic nitrogens is 3. The average molecular weight is 306 g/mol. The van der Waals surface area contributed by atoms with Crippen molar-refractivity contribution < 1.29 is 8.78 Å². The van der Waals surface area contributed by atoms with Gasteiger partial charge in [-0.25, -0.2) is 18.7 Å². The van der Waals surface area contributed by atoms with Crippen molar-refractivity contribution in [1.82, 2.24) is 14.5 Å². The highest BCUT2D eigenvalue weighted by Gasteiger charge is 2.29. The molecule has 21 heavy (non-hydrogen) atoms. The molecular weight excluding hydrogens is 294 g/mol. The molecule has 1 saturated heterocycles. The maximum atomic E-state index is 13.6. The van der Waals surface area contributed by atoms with Crippen LogP contribution in [-0.2, 0) is 6.54 Å². The fourth-order valence-corrected chi connectivity index (χ4v) is 3.64. The Balaban J connectivity index is 1.50. The topological polar surface area (TPSA) is 34.0 Å². The van der Waals surface area contributed by atoms with E-state index in [4.69, 9.17) is 0 Å². The predicted molar refractivity (Wildman–Crippen MR) is 77.5 cm³/mol. The van der Waals surface area contributed by atoms with Crippen LogP contribution in [0.3, 0.4) is 0 Å². The summed E-state index contributed by atoms with van der Waals surface area (Å²) >= 11 is 1.34. The lowest BCUT2D eigenvalue weighted by Crippen LogP contribution is -2.48. The standard InChI is InChI=1S/C14H12F2N4S/c15-10-3-11(16)13-12(4-10)21-14(18-13)20-6-9(7-20)5-19-2-1-17-8-19/h1-4,8-9H,5-7H2. The summed E-state index contributed by atoms with van der Waals surface area (Å²) in [7, 11) is 0. The molecule has 4 nitrogen and oxygen atoms in total. The van der Waals surface area contributed by atoms with Crippen molar-refractivity contribution in [1.29, 1.82) is 0 Å². The lowest BCUT2D eigenvalue weighted by atomic mass is 10.0. The van der Waals surface area contributed by atoms with Gasteiger partial charge in [-0.2, -0.15) is 0 Å². The molecule has 0 N–H and O–H groups in total. The molecule has 3 aromatic rings. The van der Waals surface area contributed by atoms with Crippen LogP contribution in [0, 0.1) is 17.6 Å². The minimum absolute atomic E-state index is 0.259. The van der Waals surface area contributed by atoms with Crippen LogP contribution in [0.15, 0.2) is 30.9 Å². The second-order valence-electron chi connectivity index (χ2n) is 5.26. The number of fused-ring (bicyclic) bond motifs is 1. The predicted octanol–water partition coefficient (Wildman–Crippen LogP) is 2.91. The first-order valence-electron chi connectivity index (χ1n) is 6.65. The number of hydrogen-bond acceptors (Lipinski definition) is 4. The van der Waals surface area contributed by atoms with Gasteiger partial charge in [0.15, 0.2) is 10.9 Å². The Bertz CT molecular complexity index is 778. The van der Waals surface area contributed by atoms with Crippen molar-refractivity contribution in [3.63, 3.8) is 0 Å². The summed E-state index contributed by atoms with van der Waals surface area (Å²) < 4.78 is 29.5. The number of nitrogens with zero attached hydrogens (tertiary/aromatic N) is 4. The minimum Gasteiger partial charge on any atom is -0.347 e. The first-order valence-corrected chi connectivity index (χ1v) is 7.47. The van der Waals surface area contributed by atoms with Crippen LogP contribution < -0.4 is 4.90 Å². The van der Waals surface area contributed by atoms with E-state index in [9.17, 15) is 8.78 Å². The minimum atomic E-state index is -0.594. The number of hydrogen-bond donors (Lipinski definition) is 0. The zero-order valence-electron chi connectivity index (χ0n) is 11.0. The summed E-state index contributed by atoms with van der Waals surface area (Å²) in [6, 6.07) is 2.21. The molecular formula is C14H12F2N4S. The van der Waals surface area contributed by atoms with Crippen LogP contribution in [0.25, 0.3) is 10.2 Å². The molecule has 0 saturated carbocycles. The summed E-state index contributed by atoms with van der Waals surface area (Å²) in [5.41, 5.74) is 0.259. The number of anilines is 1. The van der Waals surface area contributed by atoms with E-state index < -0.39 is 11.6 Å². The molecule has 3 heterocycles. The molecule has 0 aliphatic carbocycles. The Labute approximate surface area is 123 Å². The fourth-order valence-electron chi connectivity index (χ4n) is 2.62. The Hall–Kier alpha value is -2.02. The molecule has 4 rings (SSSR count). The van der Waals surface area contributed by atoms with Gasteiger partial charge in [-0.15, -0.1) is 0 Å². The third-order valence-corrected chi connectivity index (χ3v) is 4.72. The molecule has 0 spiro atoms. The first-order chi connectivity index (χ1) is 10.2. The molecule has 0 unspecified atom stereocenters. The molecule has 7 heteroatoms. The van der Waals surface area contributed by atoms with Crippen LogP contribution in [0.1, 0.15) is 0 Å². The number of halogens is 2. The number of thiazole rings is 1. The van der Waals surface area contributed by atoms with Gasteiger partial charge >= 0.3 is 0 Å². The van der Waals surface area contributed by atoms with E-state index in [1.54, 1.807) is 12.5 Å². The van der Waals surface area contributed by atoms with E-state index in [1.165, 1.54) is 17.4 Å². The largest absolute Gasteiger partial charge is 0.347 e. The Kier molecular flexibility index (Phi) is 2.88. The molecule has 1 fully saturated rings. The van der Waals surface area contributed by atoms with Gasteiger partial charge in [0.2, 0.25) is 0 Å². The molecule has 1 aliphatic heterocycles. The molecule has 108 valence electrons. The number of benzene rings is 1. The van der Waals surface area contributed by atoms with Gasteiger partial charge in [-0.1, -0.05) is 11.3 Å². The van der Waals surface area contributed by atoms with E-state index in [0.29, 0.717) is 10.6 Å². The highest BCUT2D eigenvalue weighted by Crippen LogP contribution is 2.34. The van der Waals surface area contributed by atoms with Crippen molar-refractivity contribution >= 4 is 26.7 Å². The van der Waals surface area contributed by atoms with Gasteiger partial charge in [0, 0.05) is 44.0 Å². The maximum Gasteiger partial charge on any atom is 0.186 e. The van der Waals surface area contributed by atoms with Gasteiger partial charge < -0.3 is 9.47 Å². The Morgan fingerprint density at radius 2 is 2.14 bits per heavy atom. The molecule has 0 bridgehead atoms. The van der Waals surface area contributed by atoms with Crippen LogP contribution in [-0.4, -0.2) is 27.6 Å². The lowest BCUT2D eigenvalue weighted by Gasteiger charge is -2.39. The summed E-state index contributed by atoms with van der Waals surface area (Å²) in [6.07, 6.45) is 5.51. The van der Waals surface area contributed by atoms with Crippen molar-refractivity contribution in [3.05, 3.63) is 42.5 Å². The van der Waals surface area contributed by atoms with Crippen molar-refractivity contribution in [2.75, 3.05) is 18.0 Å². The Morgan fingerprint density at radius 1 is 1.29 bits per heavy atom. The first kappa shape index (κ1) is 12.7.